The number of nitrogens with one attached hydrogen (secondary N) is 2. The van der Waals surface area contributed by atoms with Gasteiger partial charge in [0, 0.05) is 54.5 Å². The number of halogens is 1. The fourth-order valence-electron chi connectivity index (χ4n) is 4.34. The minimum Gasteiger partial charge on any atom is -0.493 e. The van der Waals surface area contributed by atoms with E-state index in [1.165, 1.54) is 12.1 Å². The summed E-state index contributed by atoms with van der Waals surface area (Å²) in [6.07, 6.45) is 5.97. The van der Waals surface area contributed by atoms with Crippen LogP contribution in [-0.2, 0) is 4.79 Å². The molecule has 0 saturated carbocycles. The number of carbonyl (C=O) groups is 2. The fourth-order valence-corrected chi connectivity index (χ4v) is 4.34. The lowest BCUT2D eigenvalue weighted by Crippen LogP contribution is -2.34. The zero-order chi connectivity index (χ0) is 26.4. The number of benzene rings is 2. The molecule has 0 spiro atoms. The van der Waals surface area contributed by atoms with Crippen molar-refractivity contribution in [2.24, 2.45) is 0 Å². The maximum absolute atomic E-state index is 13.9. The molecule has 9 heteroatoms. The molecular formula is C28H30FN5O3. The summed E-state index contributed by atoms with van der Waals surface area (Å²) in [4.78, 5) is 31.5. The molecule has 0 saturated heterocycles. The lowest BCUT2D eigenvalue weighted by molar-refractivity contribution is -0.120. The second-order valence-corrected chi connectivity index (χ2v) is 8.64. The van der Waals surface area contributed by atoms with Crippen LogP contribution in [0.2, 0.25) is 0 Å². The lowest BCUT2D eigenvalue weighted by Gasteiger charge is -2.29. The highest BCUT2D eigenvalue weighted by Gasteiger charge is 2.26. The van der Waals surface area contributed by atoms with Crippen LogP contribution in [0.4, 0.5) is 4.39 Å². The zero-order valence-electron chi connectivity index (χ0n) is 21.1. The van der Waals surface area contributed by atoms with Crippen LogP contribution in [0.5, 0.6) is 5.75 Å². The highest BCUT2D eigenvalue weighted by Crippen LogP contribution is 2.34. The summed E-state index contributed by atoms with van der Waals surface area (Å²) in [6.45, 7) is 4.43. The topological polar surface area (TPSA) is 100 Å². The molecule has 4 aromatic rings. The number of ether oxygens (including phenoxy) is 1. The number of pyridine rings is 1. The van der Waals surface area contributed by atoms with Crippen molar-refractivity contribution < 1.29 is 18.7 Å². The van der Waals surface area contributed by atoms with Crippen molar-refractivity contribution >= 4 is 22.7 Å². The number of aromatic nitrogens is 3. The van der Waals surface area contributed by atoms with Gasteiger partial charge in [0.05, 0.1) is 24.4 Å². The largest absolute Gasteiger partial charge is 0.493 e. The average molecular weight is 504 g/mol. The van der Waals surface area contributed by atoms with Crippen molar-refractivity contribution in [3.05, 3.63) is 78.0 Å². The Morgan fingerprint density at radius 3 is 2.73 bits per heavy atom. The normalized spacial score (nSPS) is 11.8. The van der Waals surface area contributed by atoms with Gasteiger partial charge >= 0.3 is 0 Å². The van der Waals surface area contributed by atoms with E-state index in [0.717, 1.165) is 16.5 Å². The van der Waals surface area contributed by atoms with E-state index in [1.54, 1.807) is 67.8 Å². The zero-order valence-corrected chi connectivity index (χ0v) is 21.1. The molecule has 4 rings (SSSR count). The first kappa shape index (κ1) is 25.8. The molecule has 2 heterocycles. The maximum atomic E-state index is 13.9. The Bertz CT molecular complexity index is 1400. The van der Waals surface area contributed by atoms with Crippen molar-refractivity contribution in [3.8, 4) is 16.9 Å². The summed E-state index contributed by atoms with van der Waals surface area (Å²) in [6, 6.07) is 11.0. The molecule has 0 aliphatic rings. The van der Waals surface area contributed by atoms with Crippen molar-refractivity contribution in [3.63, 3.8) is 0 Å². The van der Waals surface area contributed by atoms with Crippen LogP contribution in [0.3, 0.4) is 0 Å². The summed E-state index contributed by atoms with van der Waals surface area (Å²) in [7, 11) is 1.73. The summed E-state index contributed by atoms with van der Waals surface area (Å²) in [5, 5.41) is 10.8. The Kier molecular flexibility index (Phi) is 8.12. The summed E-state index contributed by atoms with van der Waals surface area (Å²) in [5.41, 5.74) is 3.39. The first-order valence-electron chi connectivity index (χ1n) is 12.3. The molecule has 0 bridgehead atoms. The molecule has 2 aromatic heterocycles. The molecule has 2 aromatic carbocycles. The second-order valence-electron chi connectivity index (χ2n) is 8.64. The number of fused-ring (bicyclic) bond motifs is 1. The van der Waals surface area contributed by atoms with Gasteiger partial charge in [0.15, 0.2) is 0 Å². The Labute approximate surface area is 214 Å². The molecule has 37 heavy (non-hydrogen) atoms. The first-order valence-corrected chi connectivity index (χ1v) is 12.3. The van der Waals surface area contributed by atoms with E-state index in [2.05, 4.69) is 20.5 Å². The molecule has 8 nitrogen and oxygen atoms in total. The number of nitrogens with zero attached hydrogens (tertiary/aromatic N) is 3. The van der Waals surface area contributed by atoms with E-state index in [0.29, 0.717) is 48.4 Å². The van der Waals surface area contributed by atoms with Gasteiger partial charge in [-0.05, 0) is 49.2 Å². The number of aromatic amines is 1. The monoisotopic (exact) mass is 503 g/mol. The van der Waals surface area contributed by atoms with Gasteiger partial charge in [-0.2, -0.15) is 5.10 Å². The van der Waals surface area contributed by atoms with Crippen molar-refractivity contribution in [2.75, 3.05) is 20.2 Å². The highest BCUT2D eigenvalue weighted by atomic mass is 19.1. The third kappa shape index (κ3) is 5.77. The van der Waals surface area contributed by atoms with Gasteiger partial charge in [-0.1, -0.05) is 19.1 Å². The van der Waals surface area contributed by atoms with Crippen LogP contribution in [0, 0.1) is 5.82 Å². The van der Waals surface area contributed by atoms with Crippen LogP contribution in [0.1, 0.15) is 48.7 Å². The summed E-state index contributed by atoms with van der Waals surface area (Å²) in [5.74, 6) is -0.133. The number of carbonyl (C=O) groups excluding carboxylic acids is 2. The molecule has 0 aliphatic carbocycles. The van der Waals surface area contributed by atoms with E-state index in [4.69, 9.17) is 4.74 Å². The summed E-state index contributed by atoms with van der Waals surface area (Å²) < 4.78 is 19.7. The Morgan fingerprint density at radius 1 is 1.14 bits per heavy atom. The molecule has 2 N–H and O–H groups in total. The minimum atomic E-state index is -0.389. The Morgan fingerprint density at radius 2 is 1.97 bits per heavy atom. The Balaban J connectivity index is 1.67. The van der Waals surface area contributed by atoms with Gasteiger partial charge in [0.1, 0.15) is 11.6 Å². The number of H-pyrrole nitrogens is 1. The second kappa shape index (κ2) is 11.6. The number of hydrogen-bond acceptors (Lipinski definition) is 5. The minimum absolute atomic E-state index is 0.0557. The number of rotatable bonds is 10. The molecular weight excluding hydrogens is 473 g/mol. The predicted octanol–water partition coefficient (Wildman–Crippen LogP) is 4.89. The van der Waals surface area contributed by atoms with E-state index >= 15 is 0 Å². The van der Waals surface area contributed by atoms with Gasteiger partial charge in [-0.25, -0.2) is 4.39 Å². The van der Waals surface area contributed by atoms with Gasteiger partial charge in [0.2, 0.25) is 5.91 Å². The van der Waals surface area contributed by atoms with E-state index < -0.39 is 0 Å². The standard InChI is InChI=1S/C28H30FN5O3/c1-4-26(35)31-12-11-24(23-17-30-15-20-16-32-33-27(20)23)34(3)28(36)19-9-10-22(25(14-19)37-5-2)18-7-6-8-21(29)13-18/h6-10,13-17,24H,4-5,11-12H2,1-3H3,(H,31,35)(H,32,33)/t24-/m1/s1. The van der Waals surface area contributed by atoms with Crippen LogP contribution in [0.15, 0.2) is 61.1 Å². The fraction of sp³-hybridized carbons (Fsp3) is 0.286. The molecule has 192 valence electrons. The Hall–Kier alpha value is -4.27. The van der Waals surface area contributed by atoms with Gasteiger partial charge in [-0.15, -0.1) is 0 Å². The van der Waals surface area contributed by atoms with Crippen LogP contribution >= 0.6 is 0 Å². The average Bonchev–Trinajstić information content (AvgIpc) is 3.40. The van der Waals surface area contributed by atoms with Crippen LogP contribution in [0.25, 0.3) is 22.0 Å². The molecule has 0 unspecified atom stereocenters. The number of amides is 2. The third-order valence-corrected chi connectivity index (χ3v) is 6.26. The van der Waals surface area contributed by atoms with Crippen LogP contribution in [-0.4, -0.2) is 52.1 Å². The predicted molar refractivity (Wildman–Crippen MR) is 140 cm³/mol. The SMILES string of the molecule is CCOc1cc(C(=O)N(C)[C@H](CCNC(=O)CC)c2cncc3cn[nH]c23)ccc1-c1cccc(F)c1. The van der Waals surface area contributed by atoms with Crippen molar-refractivity contribution in [1.82, 2.24) is 25.4 Å². The smallest absolute Gasteiger partial charge is 0.254 e. The molecule has 1 atom stereocenters. The van der Waals surface area contributed by atoms with Gasteiger partial charge in [0.25, 0.3) is 5.91 Å². The van der Waals surface area contributed by atoms with Gasteiger partial charge in [-0.3, -0.25) is 19.7 Å². The molecule has 0 radical (unpaired) electrons. The van der Waals surface area contributed by atoms with E-state index in [1.807, 2.05) is 6.92 Å². The van der Waals surface area contributed by atoms with E-state index in [-0.39, 0.29) is 23.7 Å². The van der Waals surface area contributed by atoms with Crippen molar-refractivity contribution in [2.45, 2.75) is 32.7 Å². The molecule has 0 fully saturated rings. The van der Waals surface area contributed by atoms with Gasteiger partial charge < -0.3 is 15.0 Å². The molecule has 2 amide bonds. The first-order chi connectivity index (χ1) is 17.9. The van der Waals surface area contributed by atoms with E-state index in [9.17, 15) is 14.0 Å². The number of hydrogen-bond donors (Lipinski definition) is 2. The third-order valence-electron chi connectivity index (χ3n) is 6.26. The van der Waals surface area contributed by atoms with Crippen LogP contribution < -0.4 is 10.1 Å². The maximum Gasteiger partial charge on any atom is 0.254 e. The summed E-state index contributed by atoms with van der Waals surface area (Å²) >= 11 is 0. The van der Waals surface area contributed by atoms with Crippen molar-refractivity contribution in [1.29, 1.82) is 0 Å². The molecule has 0 aliphatic heterocycles. The lowest BCUT2D eigenvalue weighted by atomic mass is 9.99. The highest BCUT2D eigenvalue weighted by molar-refractivity contribution is 5.96. The quantitative estimate of drug-likeness (QED) is 0.321.